The van der Waals surface area contributed by atoms with Crippen molar-refractivity contribution in [3.8, 4) is 0 Å². The molecule has 1 rings (SSSR count). The van der Waals surface area contributed by atoms with Crippen molar-refractivity contribution in [3.63, 3.8) is 0 Å². The lowest BCUT2D eigenvalue weighted by molar-refractivity contribution is 0.436. The van der Waals surface area contributed by atoms with Crippen molar-refractivity contribution >= 4 is 19.7 Å². The van der Waals surface area contributed by atoms with Gasteiger partial charge in [0.25, 0.3) is 0 Å². The molecule has 1 saturated carbocycles. The standard InChI is InChI=1S/C6H12ClNO2S/c7-11(9,10)6-4-2-1-3-5(6)8/h5-6H,1-4,8H2/t5-,6-/m1/s1. The highest BCUT2D eigenvalue weighted by Gasteiger charge is 2.31. The molecule has 0 amide bonds. The second kappa shape index (κ2) is 3.29. The molecule has 0 saturated heterocycles. The number of hydrogen-bond donors (Lipinski definition) is 1. The van der Waals surface area contributed by atoms with Crippen molar-refractivity contribution in [3.05, 3.63) is 0 Å². The first-order valence-corrected chi connectivity index (χ1v) is 6.08. The van der Waals surface area contributed by atoms with Crippen molar-refractivity contribution in [1.29, 1.82) is 0 Å². The smallest absolute Gasteiger partial charge is 0.236 e. The maximum atomic E-state index is 10.9. The SMILES string of the molecule is N[C@@H]1CCCC[C@H]1S(=O)(=O)Cl. The lowest BCUT2D eigenvalue weighted by Crippen LogP contribution is -2.40. The zero-order valence-corrected chi connectivity index (χ0v) is 7.74. The van der Waals surface area contributed by atoms with Gasteiger partial charge in [-0.05, 0) is 12.8 Å². The quantitative estimate of drug-likeness (QED) is 0.634. The summed E-state index contributed by atoms with van der Waals surface area (Å²) >= 11 is 0. The Morgan fingerprint density at radius 1 is 1.27 bits per heavy atom. The van der Waals surface area contributed by atoms with E-state index in [1.165, 1.54) is 0 Å². The van der Waals surface area contributed by atoms with Crippen molar-refractivity contribution in [1.82, 2.24) is 0 Å². The van der Waals surface area contributed by atoms with Crippen molar-refractivity contribution in [2.75, 3.05) is 0 Å². The highest BCUT2D eigenvalue weighted by atomic mass is 35.7. The average Bonchev–Trinajstić information content (AvgIpc) is 1.86. The van der Waals surface area contributed by atoms with Crippen LogP contribution in [0.25, 0.3) is 0 Å². The van der Waals surface area contributed by atoms with Crippen molar-refractivity contribution in [2.24, 2.45) is 5.73 Å². The molecule has 1 fully saturated rings. The lowest BCUT2D eigenvalue weighted by Gasteiger charge is -2.25. The molecule has 2 N–H and O–H groups in total. The fourth-order valence-electron chi connectivity index (χ4n) is 1.48. The molecule has 1 aliphatic rings. The Balaban J connectivity index is 2.70. The monoisotopic (exact) mass is 197 g/mol. The van der Waals surface area contributed by atoms with Crippen LogP contribution in [0.5, 0.6) is 0 Å². The van der Waals surface area contributed by atoms with E-state index >= 15 is 0 Å². The third-order valence-electron chi connectivity index (χ3n) is 2.12. The molecule has 5 heteroatoms. The minimum absolute atomic E-state index is 0.258. The van der Waals surface area contributed by atoms with Crippen LogP contribution in [0.4, 0.5) is 0 Å². The van der Waals surface area contributed by atoms with Gasteiger partial charge < -0.3 is 5.73 Å². The average molecular weight is 198 g/mol. The normalized spacial score (nSPS) is 33.6. The molecule has 0 aromatic heterocycles. The van der Waals surface area contributed by atoms with Crippen LogP contribution in [-0.2, 0) is 9.05 Å². The summed E-state index contributed by atoms with van der Waals surface area (Å²) in [7, 11) is 1.77. The summed E-state index contributed by atoms with van der Waals surface area (Å²) in [5, 5.41) is -0.516. The Kier molecular flexibility index (Phi) is 2.78. The molecule has 0 aliphatic heterocycles. The zero-order chi connectivity index (χ0) is 8.48. The fourth-order valence-corrected chi connectivity index (χ4v) is 3.14. The molecule has 0 bridgehead atoms. The predicted molar refractivity (Wildman–Crippen MR) is 45.0 cm³/mol. The molecular formula is C6H12ClNO2S. The van der Waals surface area contributed by atoms with Gasteiger partial charge in [0, 0.05) is 16.7 Å². The van der Waals surface area contributed by atoms with Crippen LogP contribution in [0.1, 0.15) is 25.7 Å². The van der Waals surface area contributed by atoms with Gasteiger partial charge in [-0.25, -0.2) is 8.42 Å². The van der Waals surface area contributed by atoms with Gasteiger partial charge in [-0.2, -0.15) is 0 Å². The Hall–Kier alpha value is 0.200. The zero-order valence-electron chi connectivity index (χ0n) is 6.16. The summed E-state index contributed by atoms with van der Waals surface area (Å²) in [6.45, 7) is 0. The summed E-state index contributed by atoms with van der Waals surface area (Å²) in [5.41, 5.74) is 5.60. The van der Waals surface area contributed by atoms with E-state index in [1.54, 1.807) is 0 Å². The largest absolute Gasteiger partial charge is 0.326 e. The molecule has 0 radical (unpaired) electrons. The Morgan fingerprint density at radius 3 is 2.18 bits per heavy atom. The predicted octanol–water partition coefficient (Wildman–Crippen LogP) is 0.825. The minimum atomic E-state index is -3.43. The number of rotatable bonds is 1. The minimum Gasteiger partial charge on any atom is -0.326 e. The van der Waals surface area contributed by atoms with Gasteiger partial charge >= 0.3 is 0 Å². The third kappa shape index (κ3) is 2.32. The molecule has 66 valence electrons. The number of nitrogens with two attached hydrogens (primary N) is 1. The van der Waals surface area contributed by atoms with Crippen LogP contribution >= 0.6 is 10.7 Å². The maximum absolute atomic E-state index is 10.9. The summed E-state index contributed by atoms with van der Waals surface area (Å²) in [4.78, 5) is 0. The van der Waals surface area contributed by atoms with Gasteiger partial charge in [0.05, 0.1) is 5.25 Å². The molecule has 11 heavy (non-hydrogen) atoms. The first-order valence-electron chi connectivity index (χ1n) is 3.71. The van der Waals surface area contributed by atoms with E-state index in [1.807, 2.05) is 0 Å². The van der Waals surface area contributed by atoms with Gasteiger partial charge in [0.1, 0.15) is 0 Å². The lowest BCUT2D eigenvalue weighted by atomic mass is 9.96. The Labute approximate surface area is 71.3 Å². The van der Waals surface area contributed by atoms with E-state index in [-0.39, 0.29) is 6.04 Å². The van der Waals surface area contributed by atoms with E-state index in [0.29, 0.717) is 6.42 Å². The van der Waals surface area contributed by atoms with Crippen LogP contribution in [0.3, 0.4) is 0 Å². The molecule has 0 aromatic rings. The van der Waals surface area contributed by atoms with Crippen LogP contribution in [0.15, 0.2) is 0 Å². The molecule has 0 aromatic carbocycles. The van der Waals surface area contributed by atoms with Gasteiger partial charge in [-0.15, -0.1) is 0 Å². The van der Waals surface area contributed by atoms with E-state index in [4.69, 9.17) is 16.4 Å². The summed E-state index contributed by atoms with van der Waals surface area (Å²) in [6, 6.07) is -0.258. The van der Waals surface area contributed by atoms with Gasteiger partial charge in [-0.3, -0.25) is 0 Å². The van der Waals surface area contributed by atoms with Crippen molar-refractivity contribution < 1.29 is 8.42 Å². The van der Waals surface area contributed by atoms with E-state index in [2.05, 4.69) is 0 Å². The topological polar surface area (TPSA) is 60.2 Å². The maximum Gasteiger partial charge on any atom is 0.236 e. The molecule has 0 unspecified atom stereocenters. The van der Waals surface area contributed by atoms with Gasteiger partial charge in [-0.1, -0.05) is 12.8 Å². The number of hydrogen-bond acceptors (Lipinski definition) is 3. The second-order valence-corrected chi connectivity index (χ2v) is 5.81. The molecule has 3 nitrogen and oxygen atoms in total. The van der Waals surface area contributed by atoms with E-state index in [0.717, 1.165) is 19.3 Å². The Morgan fingerprint density at radius 2 is 1.82 bits per heavy atom. The third-order valence-corrected chi connectivity index (χ3v) is 4.11. The van der Waals surface area contributed by atoms with E-state index in [9.17, 15) is 8.42 Å². The van der Waals surface area contributed by atoms with Crippen LogP contribution < -0.4 is 5.73 Å². The molecule has 2 atom stereocenters. The fraction of sp³-hybridized carbons (Fsp3) is 1.00. The highest BCUT2D eigenvalue weighted by molar-refractivity contribution is 8.14. The first kappa shape index (κ1) is 9.29. The van der Waals surface area contributed by atoms with Crippen LogP contribution in [0, 0.1) is 0 Å². The van der Waals surface area contributed by atoms with Crippen LogP contribution in [0.2, 0.25) is 0 Å². The summed E-state index contributed by atoms with van der Waals surface area (Å²) < 4.78 is 21.8. The van der Waals surface area contributed by atoms with Gasteiger partial charge in [0.15, 0.2) is 0 Å². The van der Waals surface area contributed by atoms with Crippen molar-refractivity contribution in [2.45, 2.75) is 37.0 Å². The Bertz CT molecular complexity index is 227. The highest BCUT2D eigenvalue weighted by Crippen LogP contribution is 2.24. The van der Waals surface area contributed by atoms with Crippen LogP contribution in [-0.4, -0.2) is 19.7 Å². The van der Waals surface area contributed by atoms with Gasteiger partial charge in [0.2, 0.25) is 9.05 Å². The molecule has 0 heterocycles. The molecule has 0 spiro atoms. The van der Waals surface area contributed by atoms with E-state index < -0.39 is 14.3 Å². The summed E-state index contributed by atoms with van der Waals surface area (Å²) in [5.74, 6) is 0. The molecule has 1 aliphatic carbocycles. The first-order chi connectivity index (χ1) is 5.02. The number of halogens is 1. The summed E-state index contributed by atoms with van der Waals surface area (Å²) in [6.07, 6.45) is 3.33. The second-order valence-electron chi connectivity index (χ2n) is 2.96. The molecular weight excluding hydrogens is 186 g/mol.